The zero-order valence-corrected chi connectivity index (χ0v) is 13.5. The largest absolute Gasteiger partial charge is 0.303 e. The molecular weight excluding hydrogens is 356 g/mol. The minimum atomic E-state index is -0.338. The lowest BCUT2D eigenvalue weighted by Gasteiger charge is -2.08. The highest BCUT2D eigenvalue weighted by atomic mass is 79.9. The van der Waals surface area contributed by atoms with Gasteiger partial charge >= 0.3 is 0 Å². The number of aromatic nitrogens is 1. The number of hydrogen-bond acceptors (Lipinski definition) is 2. The summed E-state index contributed by atoms with van der Waals surface area (Å²) in [4.78, 5) is 11.1. The summed E-state index contributed by atoms with van der Waals surface area (Å²) in [5, 5.41) is 13.6. The summed E-state index contributed by atoms with van der Waals surface area (Å²) < 4.78 is 2.94. The van der Waals surface area contributed by atoms with E-state index in [0.717, 1.165) is 26.3 Å². The van der Waals surface area contributed by atoms with Crippen molar-refractivity contribution in [1.29, 1.82) is 0 Å². The molecule has 4 nitrogen and oxygen atoms in total. The summed E-state index contributed by atoms with van der Waals surface area (Å²) >= 11 is 3.50. The van der Waals surface area contributed by atoms with Crippen LogP contribution in [0.15, 0.2) is 71.2 Å². The van der Waals surface area contributed by atoms with Crippen LogP contribution in [0.25, 0.3) is 27.5 Å². The molecule has 0 amide bonds. The summed E-state index contributed by atoms with van der Waals surface area (Å²) in [5.74, 6) is 0. The Bertz CT molecular complexity index is 1070. The Hall–Kier alpha value is -2.66. The number of hydrogen-bond donors (Lipinski definition) is 0. The minimum absolute atomic E-state index is 0.0954. The Labute approximate surface area is 140 Å². The molecule has 5 heteroatoms. The molecule has 0 atom stereocenters. The van der Waals surface area contributed by atoms with Gasteiger partial charge in [-0.15, -0.1) is 0 Å². The van der Waals surface area contributed by atoms with Crippen LogP contribution in [0.4, 0.5) is 5.69 Å². The molecule has 1 aromatic heterocycles. The van der Waals surface area contributed by atoms with Gasteiger partial charge in [0, 0.05) is 21.3 Å². The Morgan fingerprint density at radius 3 is 2.39 bits per heavy atom. The van der Waals surface area contributed by atoms with Crippen LogP contribution in [0.3, 0.4) is 0 Å². The lowest BCUT2D eigenvalue weighted by molar-refractivity contribution is -0.384. The van der Waals surface area contributed by atoms with Gasteiger partial charge in [-0.1, -0.05) is 46.3 Å². The molecule has 4 aromatic rings. The minimum Gasteiger partial charge on any atom is -0.303 e. The van der Waals surface area contributed by atoms with Gasteiger partial charge in [-0.05, 0) is 30.3 Å². The Morgan fingerprint density at radius 1 is 0.870 bits per heavy atom. The third kappa shape index (κ3) is 2.12. The standard InChI is InChI=1S/C18H11BrN2O2/c19-12-9-10-16-14(11-12)13-5-1-2-6-15(13)20(16)17-7-3-4-8-18(17)21(22)23/h1-11H. The van der Waals surface area contributed by atoms with Gasteiger partial charge in [-0.3, -0.25) is 10.1 Å². The maximum absolute atomic E-state index is 11.4. The molecule has 0 N–H and O–H groups in total. The average Bonchev–Trinajstić information content (AvgIpc) is 2.88. The van der Waals surface area contributed by atoms with Crippen LogP contribution in [0.2, 0.25) is 0 Å². The maximum atomic E-state index is 11.4. The van der Waals surface area contributed by atoms with Crippen molar-refractivity contribution in [2.24, 2.45) is 0 Å². The van der Waals surface area contributed by atoms with Crippen LogP contribution in [0.1, 0.15) is 0 Å². The smallest absolute Gasteiger partial charge is 0.293 e. The SMILES string of the molecule is O=[N+]([O-])c1ccccc1-n1c2ccccc2c2cc(Br)ccc21. The lowest BCUT2D eigenvalue weighted by atomic mass is 10.2. The van der Waals surface area contributed by atoms with Crippen molar-refractivity contribution in [2.45, 2.75) is 0 Å². The first kappa shape index (κ1) is 14.0. The van der Waals surface area contributed by atoms with E-state index in [4.69, 9.17) is 0 Å². The molecule has 0 aliphatic heterocycles. The first-order valence-corrected chi connectivity index (χ1v) is 7.88. The highest BCUT2D eigenvalue weighted by molar-refractivity contribution is 9.10. The number of nitro groups is 1. The number of benzene rings is 3. The van der Waals surface area contributed by atoms with Crippen LogP contribution in [-0.2, 0) is 0 Å². The summed E-state index contributed by atoms with van der Waals surface area (Å²) in [6.45, 7) is 0. The number of nitro benzene ring substituents is 1. The molecule has 4 rings (SSSR count). The van der Waals surface area contributed by atoms with E-state index in [2.05, 4.69) is 15.9 Å². The number of nitrogens with zero attached hydrogens (tertiary/aromatic N) is 2. The first-order chi connectivity index (χ1) is 11.2. The van der Waals surface area contributed by atoms with E-state index in [9.17, 15) is 10.1 Å². The molecule has 23 heavy (non-hydrogen) atoms. The number of rotatable bonds is 2. The number of fused-ring (bicyclic) bond motifs is 3. The lowest BCUT2D eigenvalue weighted by Crippen LogP contribution is -1.99. The van der Waals surface area contributed by atoms with Gasteiger partial charge in [0.05, 0.1) is 16.0 Å². The average molecular weight is 367 g/mol. The third-order valence-electron chi connectivity index (χ3n) is 3.95. The molecule has 112 valence electrons. The van der Waals surface area contributed by atoms with Crippen LogP contribution in [0.5, 0.6) is 0 Å². The normalized spacial score (nSPS) is 11.2. The van der Waals surface area contributed by atoms with E-state index in [1.807, 2.05) is 53.1 Å². The molecule has 1 heterocycles. The summed E-state index contributed by atoms with van der Waals surface area (Å²) in [6.07, 6.45) is 0. The molecule has 0 fully saturated rings. The van der Waals surface area contributed by atoms with E-state index in [1.165, 1.54) is 6.07 Å². The van der Waals surface area contributed by atoms with Crippen molar-refractivity contribution in [3.05, 3.63) is 81.3 Å². The number of para-hydroxylation sites is 3. The highest BCUT2D eigenvalue weighted by Gasteiger charge is 2.19. The first-order valence-electron chi connectivity index (χ1n) is 7.09. The summed E-state index contributed by atoms with van der Waals surface area (Å²) in [7, 11) is 0. The van der Waals surface area contributed by atoms with E-state index in [-0.39, 0.29) is 10.6 Å². The van der Waals surface area contributed by atoms with Gasteiger partial charge in [0.25, 0.3) is 5.69 Å². The molecule has 0 radical (unpaired) electrons. The predicted octanol–water partition coefficient (Wildman–Crippen LogP) is 5.45. The van der Waals surface area contributed by atoms with Gasteiger partial charge in [-0.2, -0.15) is 0 Å². The predicted molar refractivity (Wildman–Crippen MR) is 95.1 cm³/mol. The van der Waals surface area contributed by atoms with Crippen molar-refractivity contribution in [2.75, 3.05) is 0 Å². The van der Waals surface area contributed by atoms with Crippen molar-refractivity contribution >= 4 is 43.4 Å². The second kappa shape index (κ2) is 5.21. The van der Waals surface area contributed by atoms with Crippen LogP contribution in [-0.4, -0.2) is 9.49 Å². The quantitative estimate of drug-likeness (QED) is 0.349. The van der Waals surface area contributed by atoms with Gasteiger partial charge in [0.2, 0.25) is 0 Å². The van der Waals surface area contributed by atoms with E-state index in [0.29, 0.717) is 5.69 Å². The van der Waals surface area contributed by atoms with Crippen molar-refractivity contribution in [3.8, 4) is 5.69 Å². The fourth-order valence-corrected chi connectivity index (χ4v) is 3.37. The topological polar surface area (TPSA) is 48.1 Å². The second-order valence-electron chi connectivity index (χ2n) is 5.26. The van der Waals surface area contributed by atoms with Crippen molar-refractivity contribution in [3.63, 3.8) is 0 Å². The number of halogens is 1. The van der Waals surface area contributed by atoms with Gasteiger partial charge < -0.3 is 4.57 Å². The van der Waals surface area contributed by atoms with Crippen LogP contribution < -0.4 is 0 Å². The third-order valence-corrected chi connectivity index (χ3v) is 4.45. The monoisotopic (exact) mass is 366 g/mol. The molecule has 0 spiro atoms. The van der Waals surface area contributed by atoms with Gasteiger partial charge in [0.1, 0.15) is 5.69 Å². The zero-order valence-electron chi connectivity index (χ0n) is 11.9. The zero-order chi connectivity index (χ0) is 16.0. The van der Waals surface area contributed by atoms with E-state index < -0.39 is 0 Å². The molecule has 3 aromatic carbocycles. The highest BCUT2D eigenvalue weighted by Crippen LogP contribution is 2.36. The Kier molecular flexibility index (Phi) is 3.16. The van der Waals surface area contributed by atoms with Crippen LogP contribution >= 0.6 is 15.9 Å². The van der Waals surface area contributed by atoms with E-state index >= 15 is 0 Å². The van der Waals surface area contributed by atoms with Crippen molar-refractivity contribution < 1.29 is 4.92 Å². The fraction of sp³-hybridized carbons (Fsp3) is 0. The van der Waals surface area contributed by atoms with Crippen molar-refractivity contribution in [1.82, 2.24) is 4.57 Å². The molecule has 0 saturated carbocycles. The van der Waals surface area contributed by atoms with E-state index in [1.54, 1.807) is 12.1 Å². The second-order valence-corrected chi connectivity index (χ2v) is 6.18. The Balaban J connectivity index is 2.21. The molecule has 0 aliphatic carbocycles. The Morgan fingerprint density at radius 2 is 1.57 bits per heavy atom. The summed E-state index contributed by atoms with van der Waals surface area (Å²) in [6, 6.07) is 20.8. The molecule has 0 saturated heterocycles. The fourth-order valence-electron chi connectivity index (χ4n) is 3.01. The van der Waals surface area contributed by atoms with Crippen LogP contribution in [0, 0.1) is 10.1 Å². The molecular formula is C18H11BrN2O2. The van der Waals surface area contributed by atoms with Gasteiger partial charge in [-0.25, -0.2) is 0 Å². The maximum Gasteiger partial charge on any atom is 0.293 e. The molecule has 0 unspecified atom stereocenters. The molecule has 0 bridgehead atoms. The van der Waals surface area contributed by atoms with Gasteiger partial charge in [0.15, 0.2) is 0 Å². The summed E-state index contributed by atoms with van der Waals surface area (Å²) in [5.41, 5.74) is 2.57. The molecule has 0 aliphatic rings.